The Bertz CT molecular complexity index is 487. The van der Waals surface area contributed by atoms with E-state index in [1.54, 1.807) is 18.5 Å². The summed E-state index contributed by atoms with van der Waals surface area (Å²) in [5.41, 5.74) is 0.692. The summed E-state index contributed by atoms with van der Waals surface area (Å²) in [4.78, 5) is 18.5. The van der Waals surface area contributed by atoms with E-state index in [4.69, 9.17) is 9.47 Å². The van der Waals surface area contributed by atoms with Crippen molar-refractivity contribution in [2.24, 2.45) is 5.92 Å². The fourth-order valence-corrected chi connectivity index (χ4v) is 3.17. The number of anilines is 1. The molecule has 1 aromatic heterocycles. The molecule has 2 aliphatic rings. The molecule has 23 heavy (non-hydrogen) atoms. The first-order chi connectivity index (χ1) is 11.3. The van der Waals surface area contributed by atoms with Gasteiger partial charge in [-0.25, -0.2) is 4.79 Å². The van der Waals surface area contributed by atoms with Gasteiger partial charge in [-0.1, -0.05) is 0 Å². The number of hydrogen-bond donors (Lipinski definition) is 2. The fourth-order valence-electron chi connectivity index (χ4n) is 3.17. The molecule has 1 aromatic rings. The second-order valence-corrected chi connectivity index (χ2v) is 5.92. The summed E-state index contributed by atoms with van der Waals surface area (Å²) in [6.45, 7) is 5.53. The van der Waals surface area contributed by atoms with E-state index in [0.717, 1.165) is 45.9 Å². The number of ether oxygens (including phenoxy) is 2. The summed E-state index contributed by atoms with van der Waals surface area (Å²) in [5, 5.41) is 5.79. The predicted octanol–water partition coefficient (Wildman–Crippen LogP) is 0.940. The zero-order valence-electron chi connectivity index (χ0n) is 13.2. The van der Waals surface area contributed by atoms with Gasteiger partial charge in [0.2, 0.25) is 0 Å². The van der Waals surface area contributed by atoms with Gasteiger partial charge in [-0.3, -0.25) is 9.88 Å². The highest BCUT2D eigenvalue weighted by Crippen LogP contribution is 2.21. The molecule has 7 heteroatoms. The third-order valence-corrected chi connectivity index (χ3v) is 4.41. The number of urea groups is 1. The fraction of sp³-hybridized carbons (Fsp3) is 0.625. The van der Waals surface area contributed by atoms with Crippen LogP contribution in [-0.2, 0) is 9.47 Å². The van der Waals surface area contributed by atoms with Crippen LogP contribution < -0.4 is 10.6 Å². The van der Waals surface area contributed by atoms with Crippen LogP contribution in [-0.4, -0.2) is 68.0 Å². The van der Waals surface area contributed by atoms with Gasteiger partial charge in [0.05, 0.1) is 31.7 Å². The SMILES string of the molecule is O=C(NC[C@@H]([C@@H]1CCOC1)N1CCOCC1)Nc1cccnc1. The normalized spacial score (nSPS) is 23.4. The van der Waals surface area contributed by atoms with E-state index in [2.05, 4.69) is 20.5 Å². The predicted molar refractivity (Wildman–Crippen MR) is 86.4 cm³/mol. The van der Waals surface area contributed by atoms with Gasteiger partial charge < -0.3 is 20.1 Å². The number of carbonyl (C=O) groups is 1. The molecule has 0 radical (unpaired) electrons. The lowest BCUT2D eigenvalue weighted by atomic mass is 9.97. The maximum Gasteiger partial charge on any atom is 0.319 e. The van der Waals surface area contributed by atoms with E-state index < -0.39 is 0 Å². The number of nitrogens with zero attached hydrogens (tertiary/aromatic N) is 2. The van der Waals surface area contributed by atoms with Crippen molar-refractivity contribution in [3.8, 4) is 0 Å². The van der Waals surface area contributed by atoms with Crippen molar-refractivity contribution in [1.82, 2.24) is 15.2 Å². The molecule has 0 unspecified atom stereocenters. The molecule has 126 valence electrons. The van der Waals surface area contributed by atoms with Crippen LogP contribution in [0.4, 0.5) is 10.5 Å². The first kappa shape index (κ1) is 16.2. The van der Waals surface area contributed by atoms with Crippen molar-refractivity contribution < 1.29 is 14.3 Å². The Kier molecular flexibility index (Phi) is 5.79. The molecule has 2 N–H and O–H groups in total. The van der Waals surface area contributed by atoms with Crippen molar-refractivity contribution >= 4 is 11.7 Å². The monoisotopic (exact) mass is 320 g/mol. The lowest BCUT2D eigenvalue weighted by Gasteiger charge is -2.37. The lowest BCUT2D eigenvalue weighted by Crippen LogP contribution is -2.52. The second-order valence-electron chi connectivity index (χ2n) is 5.92. The highest BCUT2D eigenvalue weighted by atomic mass is 16.5. The van der Waals surface area contributed by atoms with E-state index >= 15 is 0 Å². The van der Waals surface area contributed by atoms with Crippen LogP contribution in [0.15, 0.2) is 24.5 Å². The van der Waals surface area contributed by atoms with Crippen LogP contribution in [0.1, 0.15) is 6.42 Å². The summed E-state index contributed by atoms with van der Waals surface area (Å²) < 4.78 is 11.0. The van der Waals surface area contributed by atoms with Gasteiger partial charge in [0, 0.05) is 44.4 Å². The molecule has 2 saturated heterocycles. The number of rotatable bonds is 5. The standard InChI is InChI=1S/C16H24N4O3/c21-16(19-14-2-1-4-17-10-14)18-11-15(13-3-7-23-12-13)20-5-8-22-9-6-20/h1-2,4,10,13,15H,3,5-9,11-12H2,(H2,18,19,21)/t13-,15+/m1/s1. The minimum absolute atomic E-state index is 0.199. The molecular formula is C16H24N4O3. The first-order valence-electron chi connectivity index (χ1n) is 8.17. The van der Waals surface area contributed by atoms with Gasteiger partial charge in [0.25, 0.3) is 0 Å². The molecule has 7 nitrogen and oxygen atoms in total. The molecule has 0 aliphatic carbocycles. The van der Waals surface area contributed by atoms with Crippen molar-refractivity contribution in [2.75, 3.05) is 51.4 Å². The molecule has 2 amide bonds. The summed E-state index contributed by atoms with van der Waals surface area (Å²) in [5.74, 6) is 0.465. The number of hydrogen-bond acceptors (Lipinski definition) is 5. The average Bonchev–Trinajstić information content (AvgIpc) is 3.11. The highest BCUT2D eigenvalue weighted by Gasteiger charge is 2.31. The van der Waals surface area contributed by atoms with Crippen molar-refractivity contribution in [3.05, 3.63) is 24.5 Å². The number of carbonyl (C=O) groups excluding carboxylic acids is 1. The van der Waals surface area contributed by atoms with Crippen LogP contribution in [0.25, 0.3) is 0 Å². The maximum atomic E-state index is 12.1. The lowest BCUT2D eigenvalue weighted by molar-refractivity contribution is 0.00222. The summed E-state index contributed by atoms with van der Waals surface area (Å²) >= 11 is 0. The van der Waals surface area contributed by atoms with Crippen LogP contribution in [0, 0.1) is 5.92 Å². The van der Waals surface area contributed by atoms with E-state index in [9.17, 15) is 4.79 Å². The minimum Gasteiger partial charge on any atom is -0.381 e. The smallest absolute Gasteiger partial charge is 0.319 e. The molecule has 3 rings (SSSR count). The molecule has 2 fully saturated rings. The van der Waals surface area contributed by atoms with Gasteiger partial charge in [-0.2, -0.15) is 0 Å². The van der Waals surface area contributed by atoms with E-state index in [0.29, 0.717) is 24.2 Å². The summed E-state index contributed by atoms with van der Waals surface area (Å²) in [7, 11) is 0. The Morgan fingerprint density at radius 3 is 2.91 bits per heavy atom. The van der Waals surface area contributed by atoms with Crippen molar-refractivity contribution in [3.63, 3.8) is 0 Å². The Balaban J connectivity index is 1.54. The quantitative estimate of drug-likeness (QED) is 0.844. The average molecular weight is 320 g/mol. The van der Waals surface area contributed by atoms with Crippen LogP contribution >= 0.6 is 0 Å². The van der Waals surface area contributed by atoms with Crippen LogP contribution in [0.2, 0.25) is 0 Å². The third kappa shape index (κ3) is 4.63. The zero-order chi connectivity index (χ0) is 15.9. The van der Waals surface area contributed by atoms with E-state index in [1.165, 1.54) is 0 Å². The number of amides is 2. The Labute approximate surface area is 136 Å². The number of pyridine rings is 1. The second kappa shape index (κ2) is 8.24. The number of nitrogens with one attached hydrogen (secondary N) is 2. The molecule has 0 spiro atoms. The Morgan fingerprint density at radius 2 is 2.22 bits per heavy atom. The van der Waals surface area contributed by atoms with Gasteiger partial charge in [-0.05, 0) is 18.6 Å². The topological polar surface area (TPSA) is 75.7 Å². The summed E-state index contributed by atoms with van der Waals surface area (Å²) in [6.07, 6.45) is 4.36. The Morgan fingerprint density at radius 1 is 1.35 bits per heavy atom. The van der Waals surface area contributed by atoms with Gasteiger partial charge >= 0.3 is 6.03 Å². The third-order valence-electron chi connectivity index (χ3n) is 4.41. The van der Waals surface area contributed by atoms with Gasteiger partial charge in [0.1, 0.15) is 0 Å². The molecule has 0 aromatic carbocycles. The van der Waals surface area contributed by atoms with Crippen molar-refractivity contribution in [2.45, 2.75) is 12.5 Å². The van der Waals surface area contributed by atoms with E-state index in [-0.39, 0.29) is 6.03 Å². The minimum atomic E-state index is -0.199. The maximum absolute atomic E-state index is 12.1. The molecule has 0 bridgehead atoms. The van der Waals surface area contributed by atoms with Gasteiger partial charge in [-0.15, -0.1) is 0 Å². The highest BCUT2D eigenvalue weighted by molar-refractivity contribution is 5.88. The summed E-state index contributed by atoms with van der Waals surface area (Å²) in [6, 6.07) is 3.70. The van der Waals surface area contributed by atoms with Crippen LogP contribution in [0.3, 0.4) is 0 Å². The van der Waals surface area contributed by atoms with Crippen molar-refractivity contribution in [1.29, 1.82) is 0 Å². The Hall–Kier alpha value is -1.70. The molecule has 2 atom stereocenters. The molecular weight excluding hydrogens is 296 g/mol. The largest absolute Gasteiger partial charge is 0.381 e. The van der Waals surface area contributed by atoms with E-state index in [1.807, 2.05) is 6.07 Å². The molecule has 2 aliphatic heterocycles. The zero-order valence-corrected chi connectivity index (χ0v) is 13.2. The number of aromatic nitrogens is 1. The molecule has 3 heterocycles. The van der Waals surface area contributed by atoms with Gasteiger partial charge in [0.15, 0.2) is 0 Å². The number of morpholine rings is 1. The molecule has 0 saturated carbocycles. The first-order valence-corrected chi connectivity index (χ1v) is 8.17. The van der Waals surface area contributed by atoms with Crippen LogP contribution in [0.5, 0.6) is 0 Å².